The Hall–Kier alpha value is -1.08. The lowest BCUT2D eigenvalue weighted by molar-refractivity contribution is 0.429. The lowest BCUT2D eigenvalue weighted by Crippen LogP contribution is -2.25. The molecule has 0 aromatic heterocycles. The van der Waals surface area contributed by atoms with Gasteiger partial charge >= 0.3 is 0 Å². The maximum absolute atomic E-state index is 13.5. The van der Waals surface area contributed by atoms with Gasteiger partial charge in [0.15, 0.2) is 9.84 Å². The van der Waals surface area contributed by atoms with Crippen LogP contribution in [0.5, 0.6) is 0 Å². The van der Waals surface area contributed by atoms with E-state index in [1.807, 2.05) is 0 Å². The molecule has 7 heteroatoms. The average Bonchev–Trinajstić information content (AvgIpc) is 2.57. The Balaban J connectivity index is 2.33. The van der Waals surface area contributed by atoms with Gasteiger partial charge < -0.3 is 5.73 Å². The third kappa shape index (κ3) is 2.51. The van der Waals surface area contributed by atoms with Crippen LogP contribution in [-0.2, 0) is 9.84 Å². The highest BCUT2D eigenvalue weighted by Crippen LogP contribution is 2.32. The van der Waals surface area contributed by atoms with Crippen LogP contribution in [0, 0.1) is 23.4 Å². The first-order valence-corrected chi connectivity index (χ1v) is 7.23. The molecule has 1 aliphatic heterocycles. The zero-order valence-corrected chi connectivity index (χ0v) is 10.2. The summed E-state index contributed by atoms with van der Waals surface area (Å²) in [6, 6.07) is 0.00608. The zero-order chi connectivity index (χ0) is 13.5. The Kier molecular flexibility index (Phi) is 3.37. The summed E-state index contributed by atoms with van der Waals surface area (Å²) in [4.78, 5) is 0. The SMILES string of the molecule is NC(c1c(F)cc(F)cc1F)C1CCS(=O)(=O)C1. The van der Waals surface area contributed by atoms with Crippen LogP contribution in [0.2, 0.25) is 0 Å². The van der Waals surface area contributed by atoms with E-state index in [9.17, 15) is 21.6 Å². The molecule has 100 valence electrons. The summed E-state index contributed by atoms with van der Waals surface area (Å²) in [7, 11) is -3.18. The average molecular weight is 279 g/mol. The first-order valence-electron chi connectivity index (χ1n) is 5.40. The Morgan fingerprint density at radius 3 is 2.22 bits per heavy atom. The quantitative estimate of drug-likeness (QED) is 0.893. The molecule has 0 spiro atoms. The predicted molar refractivity (Wildman–Crippen MR) is 60.0 cm³/mol. The van der Waals surface area contributed by atoms with E-state index in [1.165, 1.54) is 0 Å². The highest BCUT2D eigenvalue weighted by molar-refractivity contribution is 7.91. The smallest absolute Gasteiger partial charge is 0.150 e. The number of rotatable bonds is 2. The van der Waals surface area contributed by atoms with E-state index in [4.69, 9.17) is 5.73 Å². The summed E-state index contributed by atoms with van der Waals surface area (Å²) < 4.78 is 62.3. The van der Waals surface area contributed by atoms with Gasteiger partial charge in [-0.2, -0.15) is 0 Å². The minimum Gasteiger partial charge on any atom is -0.324 e. The minimum atomic E-state index is -3.18. The second-order valence-electron chi connectivity index (χ2n) is 4.47. The van der Waals surface area contributed by atoms with Gasteiger partial charge in [-0.05, 0) is 12.3 Å². The fraction of sp³-hybridized carbons (Fsp3) is 0.455. The van der Waals surface area contributed by atoms with Gasteiger partial charge in [0.2, 0.25) is 0 Å². The summed E-state index contributed by atoms with van der Waals surface area (Å²) in [6.45, 7) is 0. The molecule has 2 atom stereocenters. The molecule has 1 aromatic rings. The molecule has 2 rings (SSSR count). The molecule has 1 heterocycles. The van der Waals surface area contributed by atoms with Crippen molar-refractivity contribution < 1.29 is 21.6 Å². The fourth-order valence-corrected chi connectivity index (χ4v) is 4.07. The molecule has 2 N–H and O–H groups in total. The molecule has 3 nitrogen and oxygen atoms in total. The molecule has 1 aliphatic rings. The molecule has 1 aromatic carbocycles. The van der Waals surface area contributed by atoms with E-state index < -0.39 is 44.8 Å². The predicted octanol–water partition coefficient (Wildman–Crippen LogP) is 1.54. The number of halogens is 3. The standard InChI is InChI=1S/C11H12F3NO2S/c12-7-3-8(13)10(9(14)4-7)11(15)6-1-2-18(16,17)5-6/h3-4,6,11H,1-2,5,15H2. The van der Waals surface area contributed by atoms with Gasteiger partial charge in [-0.15, -0.1) is 0 Å². The van der Waals surface area contributed by atoms with Crippen molar-refractivity contribution in [1.82, 2.24) is 0 Å². The summed E-state index contributed by atoms with van der Waals surface area (Å²) in [5, 5.41) is 0. The number of hydrogen-bond acceptors (Lipinski definition) is 3. The zero-order valence-electron chi connectivity index (χ0n) is 9.37. The molecule has 1 fully saturated rings. The van der Waals surface area contributed by atoms with E-state index in [0.29, 0.717) is 12.1 Å². The van der Waals surface area contributed by atoms with Gasteiger partial charge in [0.25, 0.3) is 0 Å². The van der Waals surface area contributed by atoms with E-state index >= 15 is 0 Å². The monoisotopic (exact) mass is 279 g/mol. The van der Waals surface area contributed by atoms with Gasteiger partial charge in [-0.1, -0.05) is 0 Å². The molecular formula is C11H12F3NO2S. The fourth-order valence-electron chi connectivity index (χ4n) is 2.21. The van der Waals surface area contributed by atoms with E-state index in [-0.39, 0.29) is 17.9 Å². The first kappa shape index (κ1) is 13.4. The lowest BCUT2D eigenvalue weighted by Gasteiger charge is -2.19. The van der Waals surface area contributed by atoms with Crippen LogP contribution in [-0.4, -0.2) is 19.9 Å². The number of sulfone groups is 1. The first-order chi connectivity index (χ1) is 8.30. The molecule has 0 amide bonds. The van der Waals surface area contributed by atoms with E-state index in [2.05, 4.69) is 0 Å². The summed E-state index contributed by atoms with van der Waals surface area (Å²) in [5.41, 5.74) is 5.26. The van der Waals surface area contributed by atoms with Crippen LogP contribution in [0.1, 0.15) is 18.0 Å². The van der Waals surface area contributed by atoms with Crippen molar-refractivity contribution >= 4 is 9.84 Å². The Labute approximate surface area is 103 Å². The highest BCUT2D eigenvalue weighted by Gasteiger charge is 2.35. The Morgan fingerprint density at radius 1 is 1.22 bits per heavy atom. The summed E-state index contributed by atoms with van der Waals surface area (Å²) >= 11 is 0. The molecule has 2 unspecified atom stereocenters. The van der Waals surface area contributed by atoms with E-state index in [0.717, 1.165) is 0 Å². The van der Waals surface area contributed by atoms with E-state index in [1.54, 1.807) is 0 Å². The normalized spacial score (nSPS) is 24.1. The second kappa shape index (κ2) is 4.55. The minimum absolute atomic E-state index is 0.0319. The van der Waals surface area contributed by atoms with Crippen molar-refractivity contribution in [3.8, 4) is 0 Å². The van der Waals surface area contributed by atoms with Crippen molar-refractivity contribution in [1.29, 1.82) is 0 Å². The summed E-state index contributed by atoms with van der Waals surface area (Å²) in [6.07, 6.45) is 0.264. The molecule has 0 saturated carbocycles. The molecule has 1 saturated heterocycles. The van der Waals surface area contributed by atoms with Gasteiger partial charge in [0.05, 0.1) is 11.5 Å². The van der Waals surface area contributed by atoms with Crippen LogP contribution in [0.25, 0.3) is 0 Å². The topological polar surface area (TPSA) is 60.2 Å². The van der Waals surface area contributed by atoms with Crippen molar-refractivity contribution in [3.05, 3.63) is 35.1 Å². The maximum Gasteiger partial charge on any atom is 0.150 e. The van der Waals surface area contributed by atoms with Crippen molar-refractivity contribution in [3.63, 3.8) is 0 Å². The lowest BCUT2D eigenvalue weighted by atomic mass is 9.92. The number of hydrogen-bond donors (Lipinski definition) is 1. The molecule has 0 radical (unpaired) electrons. The Morgan fingerprint density at radius 2 is 1.78 bits per heavy atom. The van der Waals surface area contributed by atoms with Gasteiger partial charge in [-0.25, -0.2) is 21.6 Å². The third-order valence-corrected chi connectivity index (χ3v) is 4.95. The third-order valence-electron chi connectivity index (χ3n) is 3.15. The molecule has 18 heavy (non-hydrogen) atoms. The largest absolute Gasteiger partial charge is 0.324 e. The van der Waals surface area contributed by atoms with Crippen LogP contribution in [0.3, 0.4) is 0 Å². The van der Waals surface area contributed by atoms with Crippen molar-refractivity contribution in [2.24, 2.45) is 11.7 Å². The molecule has 0 aliphatic carbocycles. The number of nitrogens with two attached hydrogens (primary N) is 1. The summed E-state index contributed by atoms with van der Waals surface area (Å²) in [5.74, 6) is -3.95. The highest BCUT2D eigenvalue weighted by atomic mass is 32.2. The van der Waals surface area contributed by atoms with Crippen LogP contribution >= 0.6 is 0 Å². The Bertz CT molecular complexity index is 551. The van der Waals surface area contributed by atoms with Crippen molar-refractivity contribution in [2.75, 3.05) is 11.5 Å². The maximum atomic E-state index is 13.5. The van der Waals surface area contributed by atoms with Crippen LogP contribution in [0.15, 0.2) is 12.1 Å². The van der Waals surface area contributed by atoms with Gasteiger partial charge in [0, 0.05) is 23.7 Å². The molecule has 0 bridgehead atoms. The second-order valence-corrected chi connectivity index (χ2v) is 6.70. The van der Waals surface area contributed by atoms with Crippen LogP contribution < -0.4 is 5.73 Å². The van der Waals surface area contributed by atoms with Gasteiger partial charge in [-0.3, -0.25) is 0 Å². The van der Waals surface area contributed by atoms with Gasteiger partial charge in [0.1, 0.15) is 17.5 Å². The number of benzene rings is 1. The molecular weight excluding hydrogens is 267 g/mol. The van der Waals surface area contributed by atoms with Crippen LogP contribution in [0.4, 0.5) is 13.2 Å². The van der Waals surface area contributed by atoms with Crippen molar-refractivity contribution in [2.45, 2.75) is 12.5 Å².